The fraction of sp³-hybridized carbons (Fsp3) is 0.222. The van der Waals surface area contributed by atoms with E-state index in [4.69, 9.17) is 0 Å². The lowest BCUT2D eigenvalue weighted by Crippen LogP contribution is -2.21. The zero-order valence-corrected chi connectivity index (χ0v) is 15.4. The van der Waals surface area contributed by atoms with E-state index in [0.29, 0.717) is 23.2 Å². The molecule has 0 unspecified atom stereocenters. The molecule has 0 bridgehead atoms. The number of aromatic nitrogens is 3. The third-order valence-electron chi connectivity index (χ3n) is 3.96. The summed E-state index contributed by atoms with van der Waals surface area (Å²) in [6, 6.07) is 8.95. The van der Waals surface area contributed by atoms with Crippen molar-refractivity contribution in [2.24, 2.45) is 0 Å². The van der Waals surface area contributed by atoms with Crippen molar-refractivity contribution in [2.75, 3.05) is 14.1 Å². The van der Waals surface area contributed by atoms with Crippen molar-refractivity contribution in [3.8, 4) is 11.3 Å². The van der Waals surface area contributed by atoms with Gasteiger partial charge in [0.15, 0.2) is 5.69 Å². The second kappa shape index (κ2) is 7.53. The summed E-state index contributed by atoms with van der Waals surface area (Å²) >= 11 is 0. The highest BCUT2D eigenvalue weighted by Gasteiger charge is 2.17. The molecule has 2 aromatic heterocycles. The van der Waals surface area contributed by atoms with E-state index in [-0.39, 0.29) is 24.0 Å². The van der Waals surface area contributed by atoms with E-state index < -0.39 is 5.97 Å². The first-order valence-corrected chi connectivity index (χ1v) is 7.84. The Morgan fingerprint density at radius 2 is 1.92 bits per heavy atom. The summed E-state index contributed by atoms with van der Waals surface area (Å²) in [5, 5.41) is 14.1. The predicted molar refractivity (Wildman–Crippen MR) is 101 cm³/mol. The fourth-order valence-corrected chi connectivity index (χ4v) is 2.69. The van der Waals surface area contributed by atoms with Crippen molar-refractivity contribution in [3.63, 3.8) is 0 Å². The SMILES string of the molecule is CCn1nc(C(=O)O)c2cc(-c3ccc(C(=O)N(C)C)cn3)ccc21.Cl. The van der Waals surface area contributed by atoms with Gasteiger partial charge in [0.05, 0.1) is 16.8 Å². The van der Waals surface area contributed by atoms with E-state index >= 15 is 0 Å². The van der Waals surface area contributed by atoms with Gasteiger partial charge in [-0.15, -0.1) is 12.4 Å². The van der Waals surface area contributed by atoms with Crippen LogP contribution in [0, 0.1) is 0 Å². The monoisotopic (exact) mass is 374 g/mol. The summed E-state index contributed by atoms with van der Waals surface area (Å²) in [6.45, 7) is 2.50. The van der Waals surface area contributed by atoms with Crippen LogP contribution in [0.15, 0.2) is 36.5 Å². The van der Waals surface area contributed by atoms with Crippen molar-refractivity contribution in [2.45, 2.75) is 13.5 Å². The first kappa shape index (κ1) is 19.4. The van der Waals surface area contributed by atoms with Crippen LogP contribution in [-0.2, 0) is 6.54 Å². The number of carbonyl (C=O) groups excluding carboxylic acids is 1. The molecule has 0 radical (unpaired) electrons. The minimum atomic E-state index is -1.06. The van der Waals surface area contributed by atoms with Gasteiger partial charge in [0.2, 0.25) is 0 Å². The number of nitrogens with zero attached hydrogens (tertiary/aromatic N) is 4. The zero-order chi connectivity index (χ0) is 18.1. The number of amides is 1. The summed E-state index contributed by atoms with van der Waals surface area (Å²) in [5.74, 6) is -1.18. The number of rotatable bonds is 4. The van der Waals surface area contributed by atoms with Gasteiger partial charge in [-0.05, 0) is 31.2 Å². The Balaban J connectivity index is 0.00000243. The molecule has 0 saturated carbocycles. The number of aromatic carboxylic acids is 1. The second-order valence-corrected chi connectivity index (χ2v) is 5.83. The van der Waals surface area contributed by atoms with Gasteiger partial charge in [0.1, 0.15) is 0 Å². The lowest BCUT2D eigenvalue weighted by Gasteiger charge is -2.10. The standard InChI is InChI=1S/C18H18N4O3.ClH/c1-4-22-15-8-6-11(9-13(15)16(20-22)18(24)25)14-7-5-12(10-19-14)17(23)21(2)3;/h5-10H,4H2,1-3H3,(H,24,25);1H. The Labute approximate surface area is 156 Å². The maximum absolute atomic E-state index is 11.9. The van der Waals surface area contributed by atoms with Gasteiger partial charge < -0.3 is 10.0 Å². The van der Waals surface area contributed by atoms with E-state index in [1.807, 2.05) is 19.1 Å². The van der Waals surface area contributed by atoms with E-state index in [0.717, 1.165) is 11.1 Å². The number of carboxylic acids is 1. The van der Waals surface area contributed by atoms with E-state index in [1.165, 1.54) is 11.1 Å². The zero-order valence-electron chi connectivity index (χ0n) is 14.6. The molecule has 8 heteroatoms. The predicted octanol–water partition coefficient (Wildman–Crippen LogP) is 2.94. The van der Waals surface area contributed by atoms with Crippen LogP contribution in [0.5, 0.6) is 0 Å². The topological polar surface area (TPSA) is 88.3 Å². The maximum Gasteiger partial charge on any atom is 0.357 e. The maximum atomic E-state index is 11.9. The molecule has 0 fully saturated rings. The molecule has 0 spiro atoms. The summed E-state index contributed by atoms with van der Waals surface area (Å²) in [7, 11) is 3.37. The van der Waals surface area contributed by atoms with Crippen LogP contribution in [0.3, 0.4) is 0 Å². The Kier molecular flexibility index (Phi) is 5.62. The van der Waals surface area contributed by atoms with Crippen LogP contribution in [-0.4, -0.2) is 50.7 Å². The van der Waals surface area contributed by atoms with Crippen LogP contribution in [0.1, 0.15) is 27.8 Å². The van der Waals surface area contributed by atoms with Gasteiger partial charge in [-0.25, -0.2) is 4.79 Å². The van der Waals surface area contributed by atoms with Crippen LogP contribution >= 0.6 is 12.4 Å². The molecule has 0 aliphatic rings. The van der Waals surface area contributed by atoms with Crippen molar-refractivity contribution in [3.05, 3.63) is 47.8 Å². The first-order chi connectivity index (χ1) is 11.9. The molecule has 1 amide bonds. The lowest BCUT2D eigenvalue weighted by molar-refractivity contribution is 0.0691. The van der Waals surface area contributed by atoms with Gasteiger partial charge in [-0.2, -0.15) is 5.10 Å². The molecule has 0 saturated heterocycles. The molecule has 7 nitrogen and oxygen atoms in total. The largest absolute Gasteiger partial charge is 0.476 e. The third-order valence-corrected chi connectivity index (χ3v) is 3.96. The third kappa shape index (κ3) is 3.39. The van der Waals surface area contributed by atoms with E-state index in [1.54, 1.807) is 37.0 Å². The molecule has 1 N–H and O–H groups in total. The number of aryl methyl sites for hydroxylation is 1. The summed E-state index contributed by atoms with van der Waals surface area (Å²) in [5.41, 5.74) is 2.73. The molecule has 0 aliphatic heterocycles. The molecule has 3 aromatic rings. The molecule has 0 aliphatic carbocycles. The normalized spacial score (nSPS) is 10.4. The quantitative estimate of drug-likeness (QED) is 0.758. The Morgan fingerprint density at radius 3 is 2.46 bits per heavy atom. The lowest BCUT2D eigenvalue weighted by atomic mass is 10.1. The summed E-state index contributed by atoms with van der Waals surface area (Å²) in [4.78, 5) is 29.2. The smallest absolute Gasteiger partial charge is 0.357 e. The highest BCUT2D eigenvalue weighted by molar-refractivity contribution is 6.02. The molecule has 1 aromatic carbocycles. The van der Waals surface area contributed by atoms with Crippen molar-refractivity contribution >= 4 is 35.2 Å². The Bertz CT molecular complexity index is 964. The minimum Gasteiger partial charge on any atom is -0.476 e. The highest BCUT2D eigenvalue weighted by atomic mass is 35.5. The first-order valence-electron chi connectivity index (χ1n) is 7.84. The minimum absolute atomic E-state index is 0. The fourth-order valence-electron chi connectivity index (χ4n) is 2.69. The summed E-state index contributed by atoms with van der Waals surface area (Å²) < 4.78 is 1.66. The van der Waals surface area contributed by atoms with Crippen molar-refractivity contribution < 1.29 is 14.7 Å². The molecule has 26 heavy (non-hydrogen) atoms. The van der Waals surface area contributed by atoms with Crippen LogP contribution < -0.4 is 0 Å². The van der Waals surface area contributed by atoms with E-state index in [2.05, 4.69) is 10.1 Å². The van der Waals surface area contributed by atoms with Crippen molar-refractivity contribution in [1.82, 2.24) is 19.7 Å². The average molecular weight is 375 g/mol. The number of hydrogen-bond donors (Lipinski definition) is 1. The number of fused-ring (bicyclic) bond motifs is 1. The summed E-state index contributed by atoms with van der Waals surface area (Å²) in [6.07, 6.45) is 1.52. The molecule has 136 valence electrons. The van der Waals surface area contributed by atoms with Gasteiger partial charge in [0, 0.05) is 37.8 Å². The van der Waals surface area contributed by atoms with Crippen LogP contribution in [0.25, 0.3) is 22.2 Å². The Hall–Kier alpha value is -2.93. The van der Waals surface area contributed by atoms with E-state index in [9.17, 15) is 14.7 Å². The van der Waals surface area contributed by atoms with Gasteiger partial charge in [0.25, 0.3) is 5.91 Å². The number of halogens is 1. The van der Waals surface area contributed by atoms with Gasteiger partial charge >= 0.3 is 5.97 Å². The molecule has 2 heterocycles. The number of pyridine rings is 1. The number of benzene rings is 1. The van der Waals surface area contributed by atoms with Crippen LogP contribution in [0.2, 0.25) is 0 Å². The Morgan fingerprint density at radius 1 is 1.19 bits per heavy atom. The molecular formula is C18H19ClN4O3. The van der Waals surface area contributed by atoms with Crippen molar-refractivity contribution in [1.29, 1.82) is 0 Å². The average Bonchev–Trinajstić information content (AvgIpc) is 2.99. The van der Waals surface area contributed by atoms with Gasteiger partial charge in [-0.1, -0.05) is 6.07 Å². The molecule has 3 rings (SSSR count). The number of carbonyl (C=O) groups is 2. The van der Waals surface area contributed by atoms with Gasteiger partial charge in [-0.3, -0.25) is 14.5 Å². The number of hydrogen-bond acceptors (Lipinski definition) is 4. The van der Waals surface area contributed by atoms with Crippen LogP contribution in [0.4, 0.5) is 0 Å². The molecular weight excluding hydrogens is 356 g/mol. The number of carboxylic acid groups (broad SMARTS) is 1. The molecule has 0 atom stereocenters. The second-order valence-electron chi connectivity index (χ2n) is 5.83. The highest BCUT2D eigenvalue weighted by Crippen LogP contribution is 2.26.